The number of hydrogen-bond donors (Lipinski definition) is 0. The van der Waals surface area contributed by atoms with E-state index >= 15 is 0 Å². The molecule has 0 aliphatic rings. The monoisotopic (exact) mass is 278 g/mol. The van der Waals surface area contributed by atoms with Crippen LogP contribution in [-0.2, 0) is 6.54 Å². The molecular weight excluding hydrogens is 260 g/mol. The average molecular weight is 278 g/mol. The molecule has 0 saturated heterocycles. The first kappa shape index (κ1) is 13.6. The van der Waals surface area contributed by atoms with Crippen LogP contribution in [0.4, 0.5) is 0 Å². The summed E-state index contributed by atoms with van der Waals surface area (Å²) in [5.74, 6) is 1.04. The molecule has 0 radical (unpaired) electrons. The second-order valence-electron chi connectivity index (χ2n) is 5.52. The van der Waals surface area contributed by atoms with Crippen LogP contribution in [0.15, 0.2) is 59.4 Å². The number of fused-ring (bicyclic) bond motifs is 1. The van der Waals surface area contributed by atoms with Crippen LogP contribution in [0, 0.1) is 0 Å². The van der Waals surface area contributed by atoms with E-state index in [4.69, 9.17) is 4.98 Å². The quantitative estimate of drug-likeness (QED) is 0.734. The highest BCUT2D eigenvalue weighted by Crippen LogP contribution is 2.16. The topological polar surface area (TPSA) is 34.9 Å². The van der Waals surface area contributed by atoms with E-state index in [0.717, 1.165) is 16.9 Å². The van der Waals surface area contributed by atoms with Crippen LogP contribution in [0.25, 0.3) is 10.9 Å². The lowest BCUT2D eigenvalue weighted by Gasteiger charge is -2.16. The number of nitrogens with zero attached hydrogens (tertiary/aromatic N) is 2. The highest BCUT2D eigenvalue weighted by molar-refractivity contribution is 5.77. The Morgan fingerprint density at radius 3 is 2.38 bits per heavy atom. The number of benzene rings is 2. The first-order valence-corrected chi connectivity index (χ1v) is 7.20. The lowest BCUT2D eigenvalue weighted by atomic mass is 10.1. The molecule has 0 amide bonds. The molecule has 1 heterocycles. The largest absolute Gasteiger partial charge is 0.291 e. The van der Waals surface area contributed by atoms with Gasteiger partial charge < -0.3 is 0 Å². The van der Waals surface area contributed by atoms with Crippen molar-refractivity contribution in [2.45, 2.75) is 26.3 Å². The summed E-state index contributed by atoms with van der Waals surface area (Å²) in [5, 5.41) is 0.679. The Morgan fingerprint density at radius 2 is 1.67 bits per heavy atom. The van der Waals surface area contributed by atoms with Gasteiger partial charge in [0.1, 0.15) is 5.82 Å². The highest BCUT2D eigenvalue weighted by Gasteiger charge is 2.13. The summed E-state index contributed by atoms with van der Waals surface area (Å²) in [6, 6.07) is 17.6. The van der Waals surface area contributed by atoms with Gasteiger partial charge in [0.2, 0.25) is 0 Å². The van der Waals surface area contributed by atoms with E-state index in [1.54, 1.807) is 4.57 Å². The van der Waals surface area contributed by atoms with E-state index in [0.29, 0.717) is 11.9 Å². The maximum atomic E-state index is 12.8. The summed E-state index contributed by atoms with van der Waals surface area (Å²) >= 11 is 0. The van der Waals surface area contributed by atoms with E-state index < -0.39 is 0 Å². The summed E-state index contributed by atoms with van der Waals surface area (Å²) < 4.78 is 1.79. The van der Waals surface area contributed by atoms with Crippen LogP contribution in [0.3, 0.4) is 0 Å². The number of hydrogen-bond acceptors (Lipinski definition) is 2. The summed E-state index contributed by atoms with van der Waals surface area (Å²) in [6.07, 6.45) is 0. The van der Waals surface area contributed by atoms with E-state index in [9.17, 15) is 4.79 Å². The van der Waals surface area contributed by atoms with Gasteiger partial charge in [-0.3, -0.25) is 9.36 Å². The maximum Gasteiger partial charge on any atom is 0.261 e. The molecule has 0 N–H and O–H groups in total. The Balaban J connectivity index is 2.22. The highest BCUT2D eigenvalue weighted by atomic mass is 16.1. The number of para-hydroxylation sites is 1. The predicted octanol–water partition coefficient (Wildman–Crippen LogP) is 3.57. The van der Waals surface area contributed by atoms with E-state index in [-0.39, 0.29) is 11.5 Å². The van der Waals surface area contributed by atoms with Gasteiger partial charge in [0, 0.05) is 5.92 Å². The molecule has 0 saturated carbocycles. The molecule has 0 aliphatic carbocycles. The minimum Gasteiger partial charge on any atom is -0.291 e. The van der Waals surface area contributed by atoms with Crippen LogP contribution < -0.4 is 5.56 Å². The van der Waals surface area contributed by atoms with Crippen LogP contribution >= 0.6 is 0 Å². The fourth-order valence-corrected chi connectivity index (χ4v) is 2.54. The van der Waals surface area contributed by atoms with Crippen LogP contribution in [0.5, 0.6) is 0 Å². The standard InChI is InChI=1S/C18H18N2O/c1-13(2)17-19-16-11-7-6-10-15(16)18(21)20(17)12-14-8-4-3-5-9-14/h3-11,13H,12H2,1-2H3. The molecular formula is C18H18N2O. The van der Waals surface area contributed by atoms with Gasteiger partial charge in [-0.15, -0.1) is 0 Å². The zero-order valence-electron chi connectivity index (χ0n) is 12.3. The third-order valence-corrected chi connectivity index (χ3v) is 3.59. The molecule has 3 nitrogen and oxygen atoms in total. The molecule has 3 rings (SSSR count). The van der Waals surface area contributed by atoms with Crippen LogP contribution in [-0.4, -0.2) is 9.55 Å². The summed E-state index contributed by atoms with van der Waals surface area (Å²) in [6.45, 7) is 4.70. The fraction of sp³-hybridized carbons (Fsp3) is 0.222. The van der Waals surface area contributed by atoms with Crippen molar-refractivity contribution < 1.29 is 0 Å². The van der Waals surface area contributed by atoms with E-state index in [1.165, 1.54) is 0 Å². The van der Waals surface area contributed by atoms with Gasteiger partial charge in [-0.05, 0) is 17.7 Å². The minimum atomic E-state index is 0.0353. The molecule has 3 heteroatoms. The van der Waals surface area contributed by atoms with Crippen molar-refractivity contribution in [3.63, 3.8) is 0 Å². The van der Waals surface area contributed by atoms with Gasteiger partial charge in [0.25, 0.3) is 5.56 Å². The second kappa shape index (κ2) is 5.52. The molecule has 0 aliphatic heterocycles. The third kappa shape index (κ3) is 2.59. The van der Waals surface area contributed by atoms with E-state index in [2.05, 4.69) is 13.8 Å². The predicted molar refractivity (Wildman–Crippen MR) is 85.6 cm³/mol. The summed E-state index contributed by atoms with van der Waals surface area (Å²) in [5.41, 5.74) is 1.92. The van der Waals surface area contributed by atoms with Gasteiger partial charge in [0.15, 0.2) is 0 Å². The zero-order valence-corrected chi connectivity index (χ0v) is 12.3. The van der Waals surface area contributed by atoms with Gasteiger partial charge in [-0.2, -0.15) is 0 Å². The SMILES string of the molecule is CC(C)c1nc2ccccc2c(=O)n1Cc1ccccc1. The van der Waals surface area contributed by atoms with Crippen molar-refractivity contribution in [2.75, 3.05) is 0 Å². The van der Waals surface area contributed by atoms with Crippen LogP contribution in [0.1, 0.15) is 31.2 Å². The second-order valence-corrected chi connectivity index (χ2v) is 5.52. The third-order valence-electron chi connectivity index (χ3n) is 3.59. The number of aromatic nitrogens is 2. The van der Waals surface area contributed by atoms with Crippen molar-refractivity contribution >= 4 is 10.9 Å². The number of rotatable bonds is 3. The van der Waals surface area contributed by atoms with Crippen molar-refractivity contribution in [3.8, 4) is 0 Å². The Bertz CT molecular complexity index is 819. The molecule has 0 unspecified atom stereocenters. The molecule has 1 aromatic heterocycles. The molecule has 2 aromatic carbocycles. The zero-order chi connectivity index (χ0) is 14.8. The van der Waals surface area contributed by atoms with Crippen molar-refractivity contribution in [3.05, 3.63) is 76.3 Å². The molecule has 3 aromatic rings. The van der Waals surface area contributed by atoms with Gasteiger partial charge in [0.05, 0.1) is 17.4 Å². The van der Waals surface area contributed by atoms with Gasteiger partial charge >= 0.3 is 0 Å². The molecule has 106 valence electrons. The Kier molecular flexibility index (Phi) is 3.57. The Hall–Kier alpha value is -2.42. The molecule has 0 fully saturated rings. The van der Waals surface area contributed by atoms with Crippen LogP contribution in [0.2, 0.25) is 0 Å². The van der Waals surface area contributed by atoms with Crippen molar-refractivity contribution in [2.24, 2.45) is 0 Å². The normalized spacial score (nSPS) is 11.2. The molecule has 21 heavy (non-hydrogen) atoms. The Morgan fingerprint density at radius 1 is 1.00 bits per heavy atom. The smallest absolute Gasteiger partial charge is 0.261 e. The molecule has 0 atom stereocenters. The first-order chi connectivity index (χ1) is 10.2. The summed E-state index contributed by atoms with van der Waals surface area (Å²) in [7, 11) is 0. The molecule has 0 spiro atoms. The lowest BCUT2D eigenvalue weighted by molar-refractivity contribution is 0.634. The van der Waals surface area contributed by atoms with Crippen molar-refractivity contribution in [1.82, 2.24) is 9.55 Å². The maximum absolute atomic E-state index is 12.8. The molecule has 0 bridgehead atoms. The van der Waals surface area contributed by atoms with Crippen molar-refractivity contribution in [1.29, 1.82) is 0 Å². The fourth-order valence-electron chi connectivity index (χ4n) is 2.54. The van der Waals surface area contributed by atoms with Gasteiger partial charge in [-0.1, -0.05) is 56.3 Å². The minimum absolute atomic E-state index is 0.0353. The van der Waals surface area contributed by atoms with Gasteiger partial charge in [-0.25, -0.2) is 4.98 Å². The lowest BCUT2D eigenvalue weighted by Crippen LogP contribution is -2.26. The summed E-state index contributed by atoms with van der Waals surface area (Å²) in [4.78, 5) is 17.5. The van der Waals surface area contributed by atoms with E-state index in [1.807, 2.05) is 54.6 Å². The first-order valence-electron chi connectivity index (χ1n) is 7.20. The average Bonchev–Trinajstić information content (AvgIpc) is 2.51. The Labute approximate surface area is 123 Å².